The Morgan fingerprint density at radius 3 is 2.23 bits per heavy atom. The second-order valence-electron chi connectivity index (χ2n) is 7.58. The molecule has 1 N–H and O–H groups in total. The molecule has 0 aromatic heterocycles. The summed E-state index contributed by atoms with van der Waals surface area (Å²) in [6.45, 7) is 13.9. The molecular formula is C16H29NO4S. The molecule has 22 heavy (non-hydrogen) atoms. The Morgan fingerprint density at radius 1 is 1.23 bits per heavy atom. The highest BCUT2D eigenvalue weighted by atomic mass is 32.2. The maximum absolute atomic E-state index is 12.0. The van der Waals surface area contributed by atoms with Gasteiger partial charge in [-0.25, -0.2) is 4.79 Å². The number of aliphatic hydroxyl groups is 1. The fourth-order valence-electron chi connectivity index (χ4n) is 1.48. The molecule has 1 aliphatic heterocycles. The zero-order valence-electron chi connectivity index (χ0n) is 14.7. The predicted octanol–water partition coefficient (Wildman–Crippen LogP) is 3.73. The lowest BCUT2D eigenvalue weighted by molar-refractivity contribution is -0.0810. The van der Waals surface area contributed by atoms with Crippen LogP contribution in [0.25, 0.3) is 0 Å². The lowest BCUT2D eigenvalue weighted by Crippen LogP contribution is -2.46. The van der Waals surface area contributed by atoms with Gasteiger partial charge in [-0.15, -0.1) is 0 Å². The van der Waals surface area contributed by atoms with Crippen LogP contribution in [0.4, 0.5) is 4.79 Å². The summed E-state index contributed by atoms with van der Waals surface area (Å²) in [6.07, 6.45) is 2.41. The van der Waals surface area contributed by atoms with Crippen LogP contribution in [0, 0.1) is 0 Å². The van der Waals surface area contributed by atoms with Crippen molar-refractivity contribution in [3.05, 3.63) is 11.0 Å². The topological polar surface area (TPSA) is 59.0 Å². The third-order valence-corrected chi connectivity index (χ3v) is 4.73. The predicted molar refractivity (Wildman–Crippen MR) is 89.6 cm³/mol. The number of ether oxygens (including phenoxy) is 1. The minimum absolute atomic E-state index is 0.287. The molecule has 128 valence electrons. The van der Waals surface area contributed by atoms with Crippen LogP contribution in [0.5, 0.6) is 0 Å². The van der Waals surface area contributed by atoms with Gasteiger partial charge in [0.05, 0.1) is 5.60 Å². The van der Waals surface area contributed by atoms with Crippen molar-refractivity contribution in [2.75, 3.05) is 13.1 Å². The Morgan fingerprint density at radius 2 is 1.82 bits per heavy atom. The molecule has 0 unspecified atom stereocenters. The van der Waals surface area contributed by atoms with Crippen LogP contribution in [0.1, 0.15) is 54.9 Å². The smallest absolute Gasteiger partial charge is 0.410 e. The molecule has 0 fully saturated rings. The van der Waals surface area contributed by atoms with Crippen LogP contribution in [0.15, 0.2) is 11.0 Å². The maximum Gasteiger partial charge on any atom is 0.410 e. The minimum atomic E-state index is -0.933. The quantitative estimate of drug-likeness (QED) is 0.796. The number of carbonyl (C=O) groups excluding carboxylic acids is 1. The maximum atomic E-state index is 12.0. The van der Waals surface area contributed by atoms with Crippen molar-refractivity contribution in [2.45, 2.75) is 71.7 Å². The minimum Gasteiger partial charge on any atom is -0.444 e. The summed E-state index contributed by atoms with van der Waals surface area (Å²) < 4.78 is 11.1. The van der Waals surface area contributed by atoms with Crippen molar-refractivity contribution < 1.29 is 18.8 Å². The average Bonchev–Trinajstić information content (AvgIpc) is 2.33. The molecule has 0 saturated carbocycles. The number of amides is 1. The van der Waals surface area contributed by atoms with Gasteiger partial charge >= 0.3 is 6.09 Å². The molecule has 1 rings (SSSR count). The molecule has 6 heteroatoms. The van der Waals surface area contributed by atoms with Crippen molar-refractivity contribution in [3.63, 3.8) is 0 Å². The van der Waals surface area contributed by atoms with E-state index in [0.29, 0.717) is 13.1 Å². The molecule has 0 aromatic rings. The summed E-state index contributed by atoms with van der Waals surface area (Å²) in [5.74, 6) is 0. The standard InChI is InChI=1S/C16H29NO4S/c1-14(2,3)20-13(18)17-10-8-12(9-11-17)22-21-16(6,7)15(4,5)19/h8,19H,9-11H2,1-7H3. The zero-order chi connectivity index (χ0) is 17.2. The van der Waals surface area contributed by atoms with Gasteiger partial charge in [0.2, 0.25) is 0 Å². The largest absolute Gasteiger partial charge is 0.444 e. The summed E-state index contributed by atoms with van der Waals surface area (Å²) in [5, 5.41) is 10.1. The van der Waals surface area contributed by atoms with Crippen molar-refractivity contribution in [1.82, 2.24) is 4.90 Å². The van der Waals surface area contributed by atoms with E-state index in [4.69, 9.17) is 8.92 Å². The van der Waals surface area contributed by atoms with Gasteiger partial charge in [0.1, 0.15) is 11.2 Å². The van der Waals surface area contributed by atoms with E-state index >= 15 is 0 Å². The SMILES string of the molecule is CC(C)(C)OC(=O)N1CC=C(SOC(C)(C)C(C)(C)O)CC1. The van der Waals surface area contributed by atoms with Gasteiger partial charge in [-0.3, -0.25) is 0 Å². The lowest BCUT2D eigenvalue weighted by Gasteiger charge is -2.36. The first-order chi connectivity index (χ1) is 9.82. The van der Waals surface area contributed by atoms with E-state index in [1.54, 1.807) is 18.7 Å². The van der Waals surface area contributed by atoms with E-state index in [9.17, 15) is 9.90 Å². The molecule has 0 saturated heterocycles. The highest BCUT2D eigenvalue weighted by molar-refractivity contribution is 7.98. The fraction of sp³-hybridized carbons (Fsp3) is 0.812. The number of rotatable bonds is 4. The lowest BCUT2D eigenvalue weighted by atomic mass is 9.90. The van der Waals surface area contributed by atoms with E-state index < -0.39 is 16.8 Å². The first-order valence-electron chi connectivity index (χ1n) is 7.57. The fourth-order valence-corrected chi connectivity index (χ4v) is 2.31. The summed E-state index contributed by atoms with van der Waals surface area (Å²) >= 11 is 1.28. The van der Waals surface area contributed by atoms with Crippen LogP contribution in [0.2, 0.25) is 0 Å². The molecule has 0 spiro atoms. The van der Waals surface area contributed by atoms with Crippen LogP contribution in [-0.2, 0) is 8.92 Å². The van der Waals surface area contributed by atoms with Gasteiger partial charge in [-0.1, -0.05) is 6.08 Å². The van der Waals surface area contributed by atoms with E-state index in [2.05, 4.69) is 0 Å². The first-order valence-corrected chi connectivity index (χ1v) is 8.31. The normalized spacial score (nSPS) is 17.3. The van der Waals surface area contributed by atoms with Gasteiger partial charge in [-0.2, -0.15) is 0 Å². The van der Waals surface area contributed by atoms with Crippen molar-refractivity contribution in [3.8, 4) is 0 Å². The van der Waals surface area contributed by atoms with Crippen LogP contribution in [-0.4, -0.2) is 46.0 Å². The molecule has 1 aliphatic rings. The van der Waals surface area contributed by atoms with Gasteiger partial charge < -0.3 is 18.9 Å². The Labute approximate surface area is 138 Å². The third-order valence-electron chi connectivity index (χ3n) is 3.65. The first kappa shape index (κ1) is 19.3. The molecule has 0 radical (unpaired) electrons. The highest BCUT2D eigenvalue weighted by Crippen LogP contribution is 2.34. The monoisotopic (exact) mass is 331 g/mol. The Balaban J connectivity index is 2.50. The third kappa shape index (κ3) is 5.82. The molecule has 0 atom stereocenters. The van der Waals surface area contributed by atoms with E-state index in [0.717, 1.165) is 11.3 Å². The van der Waals surface area contributed by atoms with Crippen molar-refractivity contribution in [2.24, 2.45) is 0 Å². The van der Waals surface area contributed by atoms with Crippen LogP contribution < -0.4 is 0 Å². The second-order valence-corrected chi connectivity index (χ2v) is 8.44. The van der Waals surface area contributed by atoms with Gasteiger partial charge in [0.15, 0.2) is 0 Å². The number of hydrogen-bond donors (Lipinski definition) is 1. The zero-order valence-corrected chi connectivity index (χ0v) is 15.5. The van der Waals surface area contributed by atoms with E-state index in [-0.39, 0.29) is 6.09 Å². The van der Waals surface area contributed by atoms with Gasteiger partial charge in [-0.05, 0) is 54.9 Å². The molecule has 1 amide bonds. The molecule has 5 nitrogen and oxygen atoms in total. The number of hydrogen-bond acceptors (Lipinski definition) is 5. The van der Waals surface area contributed by atoms with E-state index in [1.165, 1.54) is 12.0 Å². The average molecular weight is 331 g/mol. The molecule has 0 aromatic carbocycles. The number of nitrogens with zero attached hydrogens (tertiary/aromatic N) is 1. The van der Waals surface area contributed by atoms with Gasteiger partial charge in [0, 0.05) is 30.0 Å². The number of carbonyl (C=O) groups is 1. The van der Waals surface area contributed by atoms with Crippen LogP contribution >= 0.6 is 12.0 Å². The van der Waals surface area contributed by atoms with Crippen LogP contribution in [0.3, 0.4) is 0 Å². The molecular weight excluding hydrogens is 302 g/mol. The molecule has 0 aliphatic carbocycles. The highest BCUT2D eigenvalue weighted by Gasteiger charge is 2.37. The van der Waals surface area contributed by atoms with Gasteiger partial charge in [0.25, 0.3) is 0 Å². The van der Waals surface area contributed by atoms with Crippen molar-refractivity contribution >= 4 is 18.1 Å². The Bertz CT molecular complexity index is 432. The summed E-state index contributed by atoms with van der Waals surface area (Å²) in [6, 6.07) is 0. The summed E-state index contributed by atoms with van der Waals surface area (Å²) in [7, 11) is 0. The summed E-state index contributed by atoms with van der Waals surface area (Å²) in [5.41, 5.74) is -2.08. The Hall–Kier alpha value is -0.720. The summed E-state index contributed by atoms with van der Waals surface area (Å²) in [4.78, 5) is 14.7. The second kappa shape index (κ2) is 6.81. The van der Waals surface area contributed by atoms with E-state index in [1.807, 2.05) is 40.7 Å². The molecule has 1 heterocycles. The molecule has 0 bridgehead atoms. The Kier molecular flexibility index (Phi) is 5.98. The van der Waals surface area contributed by atoms with Crippen molar-refractivity contribution in [1.29, 1.82) is 0 Å².